The van der Waals surface area contributed by atoms with Crippen molar-refractivity contribution in [1.82, 2.24) is 9.88 Å². The summed E-state index contributed by atoms with van der Waals surface area (Å²) in [6.07, 6.45) is 7.13. The average Bonchev–Trinajstić information content (AvgIpc) is 2.67. The van der Waals surface area contributed by atoms with Crippen LogP contribution in [0.5, 0.6) is 0 Å². The predicted molar refractivity (Wildman–Crippen MR) is 71.4 cm³/mol. The maximum Gasteiger partial charge on any atom is 0.253 e. The molecule has 18 heavy (non-hydrogen) atoms. The van der Waals surface area contributed by atoms with E-state index in [0.29, 0.717) is 6.54 Å². The number of rotatable bonds is 3. The molecular formula is C14H21N3O. The molecule has 0 aromatic carbocycles. The summed E-state index contributed by atoms with van der Waals surface area (Å²) in [4.78, 5) is 18.6. The normalized spacial score (nSPS) is 16.4. The number of nitrogens with zero attached hydrogens (tertiary/aromatic N) is 2. The first-order valence-electron chi connectivity index (χ1n) is 6.75. The molecule has 1 aliphatic rings. The summed E-state index contributed by atoms with van der Waals surface area (Å²) < 4.78 is 0. The summed E-state index contributed by atoms with van der Waals surface area (Å²) in [6.45, 7) is 2.33. The van der Waals surface area contributed by atoms with E-state index in [0.717, 1.165) is 43.6 Å². The maximum absolute atomic E-state index is 12.4. The molecule has 1 aromatic rings. The Bertz CT molecular complexity index is 398. The quantitative estimate of drug-likeness (QED) is 0.882. The fourth-order valence-electron chi connectivity index (χ4n) is 2.35. The van der Waals surface area contributed by atoms with Crippen molar-refractivity contribution in [2.75, 3.05) is 19.6 Å². The van der Waals surface area contributed by atoms with Gasteiger partial charge in [-0.25, -0.2) is 0 Å². The molecule has 1 fully saturated rings. The van der Waals surface area contributed by atoms with Crippen molar-refractivity contribution in [3.05, 3.63) is 29.6 Å². The van der Waals surface area contributed by atoms with Gasteiger partial charge in [0.1, 0.15) is 0 Å². The van der Waals surface area contributed by atoms with Gasteiger partial charge in [0, 0.05) is 37.0 Å². The Morgan fingerprint density at radius 1 is 1.28 bits per heavy atom. The Labute approximate surface area is 108 Å². The first kappa shape index (κ1) is 13.0. The summed E-state index contributed by atoms with van der Waals surface area (Å²) >= 11 is 0. The number of hydrogen-bond acceptors (Lipinski definition) is 3. The van der Waals surface area contributed by atoms with Crippen LogP contribution in [0.1, 0.15) is 41.7 Å². The molecule has 1 aliphatic heterocycles. The van der Waals surface area contributed by atoms with E-state index in [1.807, 2.05) is 11.0 Å². The lowest BCUT2D eigenvalue weighted by Gasteiger charge is -2.20. The summed E-state index contributed by atoms with van der Waals surface area (Å²) in [6, 6.07) is 3.67. The summed E-state index contributed by atoms with van der Waals surface area (Å²) in [7, 11) is 0. The van der Waals surface area contributed by atoms with E-state index in [1.54, 1.807) is 12.3 Å². The van der Waals surface area contributed by atoms with Gasteiger partial charge >= 0.3 is 0 Å². The van der Waals surface area contributed by atoms with Crippen LogP contribution in [0.3, 0.4) is 0 Å². The van der Waals surface area contributed by atoms with Crippen LogP contribution in [-0.4, -0.2) is 35.4 Å². The number of pyridine rings is 1. The van der Waals surface area contributed by atoms with Crippen molar-refractivity contribution < 1.29 is 4.79 Å². The standard InChI is InChI=1S/C14H21N3O/c15-7-5-13-11-12(6-8-16-13)14(18)17-9-3-1-2-4-10-17/h6,8,11H,1-5,7,9-10,15H2. The number of carbonyl (C=O) groups is 1. The van der Waals surface area contributed by atoms with Crippen LogP contribution in [0, 0.1) is 0 Å². The van der Waals surface area contributed by atoms with Crippen LogP contribution < -0.4 is 5.73 Å². The fraction of sp³-hybridized carbons (Fsp3) is 0.571. The van der Waals surface area contributed by atoms with Crippen molar-refractivity contribution in [3.8, 4) is 0 Å². The highest BCUT2D eigenvalue weighted by molar-refractivity contribution is 5.94. The average molecular weight is 247 g/mol. The molecule has 2 N–H and O–H groups in total. The second-order valence-corrected chi connectivity index (χ2v) is 4.78. The first-order chi connectivity index (χ1) is 8.81. The van der Waals surface area contributed by atoms with Crippen molar-refractivity contribution in [3.63, 3.8) is 0 Å². The molecule has 0 saturated carbocycles. The molecule has 0 atom stereocenters. The molecule has 1 aromatic heterocycles. The van der Waals surface area contributed by atoms with Gasteiger partial charge in [0.25, 0.3) is 5.91 Å². The Balaban J connectivity index is 2.09. The second-order valence-electron chi connectivity index (χ2n) is 4.78. The highest BCUT2D eigenvalue weighted by Crippen LogP contribution is 2.13. The molecule has 1 amide bonds. The number of carbonyl (C=O) groups excluding carboxylic acids is 1. The van der Waals surface area contributed by atoms with Crippen LogP contribution in [0.15, 0.2) is 18.3 Å². The molecule has 0 bridgehead atoms. The molecule has 4 heteroatoms. The molecule has 2 rings (SSSR count). The molecule has 0 spiro atoms. The van der Waals surface area contributed by atoms with Crippen molar-refractivity contribution >= 4 is 5.91 Å². The largest absolute Gasteiger partial charge is 0.339 e. The van der Waals surface area contributed by atoms with Crippen LogP contribution in [0.2, 0.25) is 0 Å². The Kier molecular flexibility index (Phi) is 4.70. The lowest BCUT2D eigenvalue weighted by Crippen LogP contribution is -2.31. The lowest BCUT2D eigenvalue weighted by atomic mass is 10.1. The predicted octanol–water partition coefficient (Wildman–Crippen LogP) is 1.60. The van der Waals surface area contributed by atoms with Gasteiger partial charge in [-0.3, -0.25) is 9.78 Å². The van der Waals surface area contributed by atoms with E-state index < -0.39 is 0 Å². The number of hydrogen-bond donors (Lipinski definition) is 1. The van der Waals surface area contributed by atoms with Gasteiger partial charge in [0.15, 0.2) is 0 Å². The van der Waals surface area contributed by atoms with Crippen LogP contribution in [0.25, 0.3) is 0 Å². The van der Waals surface area contributed by atoms with E-state index in [4.69, 9.17) is 5.73 Å². The first-order valence-corrected chi connectivity index (χ1v) is 6.75. The third-order valence-corrected chi connectivity index (χ3v) is 3.36. The minimum absolute atomic E-state index is 0.137. The Morgan fingerprint density at radius 3 is 2.67 bits per heavy atom. The zero-order valence-corrected chi connectivity index (χ0v) is 10.8. The number of amides is 1. The summed E-state index contributed by atoms with van der Waals surface area (Å²) in [5.74, 6) is 0.137. The van der Waals surface area contributed by atoms with E-state index in [-0.39, 0.29) is 5.91 Å². The third-order valence-electron chi connectivity index (χ3n) is 3.36. The van der Waals surface area contributed by atoms with Crippen LogP contribution >= 0.6 is 0 Å². The van der Waals surface area contributed by atoms with Gasteiger partial charge in [-0.05, 0) is 31.5 Å². The van der Waals surface area contributed by atoms with E-state index in [9.17, 15) is 4.79 Å². The topological polar surface area (TPSA) is 59.2 Å². The van der Waals surface area contributed by atoms with Gasteiger partial charge in [0.05, 0.1) is 0 Å². The highest BCUT2D eigenvalue weighted by atomic mass is 16.2. The number of nitrogens with two attached hydrogens (primary N) is 1. The summed E-state index contributed by atoms with van der Waals surface area (Å²) in [5.41, 5.74) is 7.16. The van der Waals surface area contributed by atoms with Gasteiger partial charge in [-0.1, -0.05) is 12.8 Å². The van der Waals surface area contributed by atoms with Crippen molar-refractivity contribution in [2.24, 2.45) is 5.73 Å². The zero-order chi connectivity index (χ0) is 12.8. The molecule has 1 saturated heterocycles. The van der Waals surface area contributed by atoms with Gasteiger partial charge in [-0.2, -0.15) is 0 Å². The number of aromatic nitrogens is 1. The molecule has 4 nitrogen and oxygen atoms in total. The number of likely N-dealkylation sites (tertiary alicyclic amines) is 1. The van der Waals surface area contributed by atoms with E-state index in [1.165, 1.54) is 12.8 Å². The molecular weight excluding hydrogens is 226 g/mol. The fourth-order valence-corrected chi connectivity index (χ4v) is 2.35. The minimum Gasteiger partial charge on any atom is -0.339 e. The smallest absolute Gasteiger partial charge is 0.253 e. The molecule has 98 valence electrons. The van der Waals surface area contributed by atoms with Gasteiger partial charge in [-0.15, -0.1) is 0 Å². The van der Waals surface area contributed by atoms with Crippen molar-refractivity contribution in [1.29, 1.82) is 0 Å². The second kappa shape index (κ2) is 6.50. The zero-order valence-electron chi connectivity index (χ0n) is 10.8. The lowest BCUT2D eigenvalue weighted by molar-refractivity contribution is 0.0761. The van der Waals surface area contributed by atoms with Gasteiger partial charge < -0.3 is 10.6 Å². The Hall–Kier alpha value is -1.42. The molecule has 0 aliphatic carbocycles. The summed E-state index contributed by atoms with van der Waals surface area (Å²) in [5, 5.41) is 0. The van der Waals surface area contributed by atoms with E-state index >= 15 is 0 Å². The van der Waals surface area contributed by atoms with Crippen LogP contribution in [-0.2, 0) is 6.42 Å². The SMILES string of the molecule is NCCc1cc(C(=O)N2CCCCCC2)ccn1. The maximum atomic E-state index is 12.4. The molecule has 0 radical (unpaired) electrons. The van der Waals surface area contributed by atoms with E-state index in [2.05, 4.69) is 4.98 Å². The molecule has 2 heterocycles. The minimum atomic E-state index is 0.137. The monoisotopic (exact) mass is 247 g/mol. The third kappa shape index (κ3) is 3.29. The van der Waals surface area contributed by atoms with Crippen molar-refractivity contribution in [2.45, 2.75) is 32.1 Å². The molecule has 0 unspecified atom stereocenters. The van der Waals surface area contributed by atoms with Crippen LogP contribution in [0.4, 0.5) is 0 Å². The Morgan fingerprint density at radius 2 is 2.00 bits per heavy atom. The van der Waals surface area contributed by atoms with Gasteiger partial charge in [0.2, 0.25) is 0 Å². The highest BCUT2D eigenvalue weighted by Gasteiger charge is 2.17.